The van der Waals surface area contributed by atoms with E-state index in [1.165, 1.54) is 29.2 Å². The van der Waals surface area contributed by atoms with Crippen LogP contribution in [0.2, 0.25) is 0 Å². The molecular formula is C27H31FN2O4. The van der Waals surface area contributed by atoms with Crippen molar-refractivity contribution in [3.63, 3.8) is 0 Å². The molecule has 34 heavy (non-hydrogen) atoms. The number of hydrogen-bond acceptors (Lipinski definition) is 5. The van der Waals surface area contributed by atoms with E-state index < -0.39 is 23.5 Å². The first-order valence-corrected chi connectivity index (χ1v) is 11.5. The minimum Gasteiger partial charge on any atom is -0.507 e. The van der Waals surface area contributed by atoms with Crippen LogP contribution in [0.3, 0.4) is 0 Å². The first kappa shape index (κ1) is 25.2. The van der Waals surface area contributed by atoms with Gasteiger partial charge in [-0.1, -0.05) is 38.6 Å². The number of nitrogens with zero attached hydrogens (tertiary/aromatic N) is 2. The molecule has 0 aliphatic carbocycles. The molecule has 0 aromatic heterocycles. The molecule has 3 rings (SSSR count). The van der Waals surface area contributed by atoms with Crippen molar-refractivity contribution in [2.75, 3.05) is 32.8 Å². The summed E-state index contributed by atoms with van der Waals surface area (Å²) in [6, 6.07) is 11.5. The van der Waals surface area contributed by atoms with E-state index in [0.29, 0.717) is 30.9 Å². The number of hydrogen-bond donors (Lipinski definition) is 1. The predicted octanol–water partition coefficient (Wildman–Crippen LogP) is 4.54. The summed E-state index contributed by atoms with van der Waals surface area (Å²) in [7, 11) is 0. The molecular weight excluding hydrogens is 435 g/mol. The Kier molecular flexibility index (Phi) is 8.60. The molecule has 2 aromatic carbocycles. The number of carbonyl (C=O) groups excluding carboxylic acids is 2. The lowest BCUT2D eigenvalue weighted by atomic mass is 9.95. The van der Waals surface area contributed by atoms with E-state index in [1.807, 2.05) is 0 Å². The van der Waals surface area contributed by atoms with E-state index in [9.17, 15) is 19.1 Å². The minimum absolute atomic E-state index is 0.000734. The van der Waals surface area contributed by atoms with Crippen molar-refractivity contribution in [1.29, 1.82) is 0 Å². The molecule has 1 atom stereocenters. The fourth-order valence-corrected chi connectivity index (χ4v) is 4.13. The average molecular weight is 467 g/mol. The van der Waals surface area contributed by atoms with Gasteiger partial charge in [-0.2, -0.15) is 0 Å². The predicted molar refractivity (Wildman–Crippen MR) is 130 cm³/mol. The Morgan fingerprint density at radius 3 is 2.35 bits per heavy atom. The number of Topliss-reactive ketones (excluding diaryl/α,β-unsaturated/α-hetero) is 1. The number of amides is 1. The second-order valence-corrected chi connectivity index (χ2v) is 8.05. The number of benzene rings is 2. The highest BCUT2D eigenvalue weighted by molar-refractivity contribution is 6.46. The van der Waals surface area contributed by atoms with Gasteiger partial charge >= 0.3 is 0 Å². The molecule has 1 N–H and O–H groups in total. The zero-order valence-electron chi connectivity index (χ0n) is 19.7. The molecule has 6 nitrogen and oxygen atoms in total. The van der Waals surface area contributed by atoms with Gasteiger partial charge in [-0.15, -0.1) is 0 Å². The number of aliphatic hydroxyl groups is 1. The Hall–Kier alpha value is -3.45. The summed E-state index contributed by atoms with van der Waals surface area (Å²) in [5.41, 5.74) is 0.953. The monoisotopic (exact) mass is 466 g/mol. The van der Waals surface area contributed by atoms with E-state index in [-0.39, 0.29) is 16.9 Å². The van der Waals surface area contributed by atoms with Gasteiger partial charge in [0.1, 0.15) is 23.9 Å². The fraction of sp³-hybridized carbons (Fsp3) is 0.333. The van der Waals surface area contributed by atoms with Gasteiger partial charge in [0.05, 0.1) is 11.6 Å². The van der Waals surface area contributed by atoms with Crippen LogP contribution in [0.1, 0.15) is 37.4 Å². The largest absolute Gasteiger partial charge is 0.507 e. The molecule has 180 valence electrons. The lowest BCUT2D eigenvalue weighted by molar-refractivity contribution is -0.140. The Labute approximate surface area is 199 Å². The summed E-state index contributed by atoms with van der Waals surface area (Å²) in [4.78, 5) is 29.9. The molecule has 0 unspecified atom stereocenters. The van der Waals surface area contributed by atoms with Crippen LogP contribution >= 0.6 is 0 Å². The van der Waals surface area contributed by atoms with Crippen molar-refractivity contribution >= 4 is 17.4 Å². The molecule has 0 saturated carbocycles. The molecule has 1 saturated heterocycles. The van der Waals surface area contributed by atoms with Gasteiger partial charge in [0.2, 0.25) is 0 Å². The second-order valence-electron chi connectivity index (χ2n) is 8.05. The van der Waals surface area contributed by atoms with Crippen LogP contribution in [0, 0.1) is 5.82 Å². The smallest absolute Gasteiger partial charge is 0.295 e. The normalized spacial score (nSPS) is 17.4. The molecule has 2 aromatic rings. The van der Waals surface area contributed by atoms with Crippen molar-refractivity contribution in [2.45, 2.75) is 26.3 Å². The van der Waals surface area contributed by atoms with E-state index in [1.54, 1.807) is 30.3 Å². The van der Waals surface area contributed by atoms with Gasteiger partial charge in [0.25, 0.3) is 11.7 Å². The van der Waals surface area contributed by atoms with Crippen LogP contribution in [-0.4, -0.2) is 59.4 Å². The molecule has 0 bridgehead atoms. The minimum atomic E-state index is -0.754. The topological polar surface area (TPSA) is 70.1 Å². The van der Waals surface area contributed by atoms with E-state index >= 15 is 0 Å². The number of likely N-dealkylation sites (tertiary alicyclic amines) is 1. The summed E-state index contributed by atoms with van der Waals surface area (Å²) >= 11 is 0. The summed E-state index contributed by atoms with van der Waals surface area (Å²) in [6.07, 6.45) is 2.32. The number of aliphatic hydroxyl groups excluding tert-OH is 1. The molecule has 0 radical (unpaired) electrons. The third kappa shape index (κ3) is 5.54. The number of rotatable bonds is 11. The van der Waals surface area contributed by atoms with Gasteiger partial charge in [-0.05, 0) is 68.0 Å². The van der Waals surface area contributed by atoms with Crippen LogP contribution in [0.4, 0.5) is 4.39 Å². The SMILES string of the molecule is C=CCOc1ccc([C@H]2/C(=C(\O)c3ccc(F)cc3)C(=O)C(=O)N2CCCN(CC)CC)cc1. The number of ketones is 1. The Morgan fingerprint density at radius 1 is 1.12 bits per heavy atom. The highest BCUT2D eigenvalue weighted by Crippen LogP contribution is 2.39. The summed E-state index contributed by atoms with van der Waals surface area (Å²) in [6.45, 7) is 11.1. The van der Waals surface area contributed by atoms with Crippen LogP contribution in [0.25, 0.3) is 5.76 Å². The van der Waals surface area contributed by atoms with Gasteiger partial charge < -0.3 is 19.6 Å². The molecule has 1 aliphatic rings. The Morgan fingerprint density at radius 2 is 1.76 bits per heavy atom. The lowest BCUT2D eigenvalue weighted by Gasteiger charge is -2.27. The molecule has 1 heterocycles. The summed E-state index contributed by atoms with van der Waals surface area (Å²) in [5, 5.41) is 11.0. The fourth-order valence-electron chi connectivity index (χ4n) is 4.13. The first-order chi connectivity index (χ1) is 16.4. The van der Waals surface area contributed by atoms with Crippen molar-refractivity contribution in [2.24, 2.45) is 0 Å². The quantitative estimate of drug-likeness (QED) is 0.228. The third-order valence-electron chi connectivity index (χ3n) is 5.99. The lowest BCUT2D eigenvalue weighted by Crippen LogP contribution is -2.33. The third-order valence-corrected chi connectivity index (χ3v) is 5.99. The zero-order chi connectivity index (χ0) is 24.7. The molecule has 1 fully saturated rings. The summed E-state index contributed by atoms with van der Waals surface area (Å²) in [5.74, 6) is -1.55. The number of halogens is 1. The van der Waals surface area contributed by atoms with Crippen molar-refractivity contribution in [1.82, 2.24) is 9.80 Å². The van der Waals surface area contributed by atoms with E-state index in [4.69, 9.17) is 4.74 Å². The maximum Gasteiger partial charge on any atom is 0.295 e. The Balaban J connectivity index is 2.00. The van der Waals surface area contributed by atoms with Gasteiger partial charge in [-0.3, -0.25) is 9.59 Å². The first-order valence-electron chi connectivity index (χ1n) is 11.5. The zero-order valence-corrected chi connectivity index (χ0v) is 19.7. The summed E-state index contributed by atoms with van der Waals surface area (Å²) < 4.78 is 19.0. The Bertz CT molecular complexity index is 1040. The van der Waals surface area contributed by atoms with E-state index in [0.717, 1.165) is 19.6 Å². The van der Waals surface area contributed by atoms with Crippen molar-refractivity contribution in [3.8, 4) is 5.75 Å². The van der Waals surface area contributed by atoms with Crippen molar-refractivity contribution in [3.05, 3.63) is 83.7 Å². The van der Waals surface area contributed by atoms with Gasteiger partial charge in [0, 0.05) is 12.1 Å². The molecule has 1 aliphatic heterocycles. The second kappa shape index (κ2) is 11.6. The molecule has 1 amide bonds. The van der Waals surface area contributed by atoms with Crippen molar-refractivity contribution < 1.29 is 23.8 Å². The van der Waals surface area contributed by atoms with Crippen LogP contribution < -0.4 is 4.74 Å². The maximum atomic E-state index is 13.4. The molecule has 7 heteroatoms. The van der Waals surface area contributed by atoms with Crippen LogP contribution in [0.5, 0.6) is 5.75 Å². The highest BCUT2D eigenvalue weighted by Gasteiger charge is 2.45. The standard InChI is InChI=1S/C27H31FN2O4/c1-4-18-34-22-14-10-19(11-15-22)24-23(25(31)20-8-12-21(28)13-9-20)26(32)27(33)30(24)17-7-16-29(5-2)6-3/h4,8-15,24,31H,1,5-7,16-18H2,2-3H3/b25-23+/t24-/m0/s1. The van der Waals surface area contributed by atoms with Gasteiger partial charge in [0.15, 0.2) is 0 Å². The number of carbonyl (C=O) groups is 2. The van der Waals surface area contributed by atoms with Gasteiger partial charge in [-0.25, -0.2) is 4.39 Å². The van der Waals surface area contributed by atoms with Crippen LogP contribution in [0.15, 0.2) is 66.8 Å². The van der Waals surface area contributed by atoms with E-state index in [2.05, 4.69) is 25.3 Å². The molecule has 0 spiro atoms. The number of ether oxygens (including phenoxy) is 1. The highest BCUT2D eigenvalue weighted by atomic mass is 19.1. The maximum absolute atomic E-state index is 13.4. The van der Waals surface area contributed by atoms with Crippen LogP contribution in [-0.2, 0) is 9.59 Å². The average Bonchev–Trinajstić information content (AvgIpc) is 3.10.